The van der Waals surface area contributed by atoms with Gasteiger partial charge in [0.25, 0.3) is 0 Å². The van der Waals surface area contributed by atoms with Gasteiger partial charge in [-0.1, -0.05) is 0 Å². The van der Waals surface area contributed by atoms with Crippen molar-refractivity contribution in [1.29, 1.82) is 0 Å². The van der Waals surface area contributed by atoms with E-state index in [9.17, 15) is 4.79 Å². The highest BCUT2D eigenvalue weighted by Gasteiger charge is 2.33. The van der Waals surface area contributed by atoms with Gasteiger partial charge in [-0.3, -0.25) is 4.90 Å². The molecule has 0 aromatic rings. The van der Waals surface area contributed by atoms with E-state index in [1.807, 2.05) is 0 Å². The van der Waals surface area contributed by atoms with Gasteiger partial charge < -0.3 is 10.1 Å². The number of hydrogen-bond donors (Lipinski definition) is 1. The second-order valence-electron chi connectivity index (χ2n) is 3.71. The van der Waals surface area contributed by atoms with Crippen molar-refractivity contribution in [2.24, 2.45) is 0 Å². The Morgan fingerprint density at radius 2 is 2.00 bits per heavy atom. The molecule has 0 radical (unpaired) electrons. The lowest BCUT2D eigenvalue weighted by Gasteiger charge is -2.45. The first kappa shape index (κ1) is 8.20. The SMILES string of the molecule is O=CC1CCN1C1CCNCC1. The fourth-order valence-corrected chi connectivity index (χ4v) is 2.17. The third kappa shape index (κ3) is 1.39. The van der Waals surface area contributed by atoms with Crippen LogP contribution in [0.4, 0.5) is 0 Å². The first-order valence-electron chi connectivity index (χ1n) is 4.83. The van der Waals surface area contributed by atoms with Gasteiger partial charge in [-0.15, -0.1) is 0 Å². The Morgan fingerprint density at radius 3 is 2.50 bits per heavy atom. The van der Waals surface area contributed by atoms with E-state index in [1.54, 1.807) is 0 Å². The summed E-state index contributed by atoms with van der Waals surface area (Å²) in [6.45, 7) is 3.37. The Balaban J connectivity index is 1.86. The molecular weight excluding hydrogens is 152 g/mol. The number of nitrogens with zero attached hydrogens (tertiary/aromatic N) is 1. The largest absolute Gasteiger partial charge is 0.317 e. The fraction of sp³-hybridized carbons (Fsp3) is 0.889. The molecule has 0 bridgehead atoms. The van der Waals surface area contributed by atoms with Crippen molar-refractivity contribution in [3.05, 3.63) is 0 Å². The van der Waals surface area contributed by atoms with Crippen molar-refractivity contribution in [1.82, 2.24) is 10.2 Å². The zero-order chi connectivity index (χ0) is 8.39. The van der Waals surface area contributed by atoms with Crippen LogP contribution in [-0.2, 0) is 4.79 Å². The van der Waals surface area contributed by atoms with Gasteiger partial charge in [0.05, 0.1) is 6.04 Å². The van der Waals surface area contributed by atoms with Crippen LogP contribution in [0.5, 0.6) is 0 Å². The number of carbonyl (C=O) groups is 1. The maximum absolute atomic E-state index is 10.6. The first-order valence-corrected chi connectivity index (χ1v) is 4.83. The number of hydrogen-bond acceptors (Lipinski definition) is 3. The van der Waals surface area contributed by atoms with Crippen molar-refractivity contribution < 1.29 is 4.79 Å². The van der Waals surface area contributed by atoms with Crippen molar-refractivity contribution in [2.45, 2.75) is 31.3 Å². The molecule has 3 nitrogen and oxygen atoms in total. The van der Waals surface area contributed by atoms with Crippen LogP contribution in [0, 0.1) is 0 Å². The minimum absolute atomic E-state index is 0.244. The monoisotopic (exact) mass is 168 g/mol. The topological polar surface area (TPSA) is 32.3 Å². The summed E-state index contributed by atoms with van der Waals surface area (Å²) in [6, 6.07) is 0.920. The van der Waals surface area contributed by atoms with Crippen LogP contribution in [0.3, 0.4) is 0 Å². The summed E-state index contributed by atoms with van der Waals surface area (Å²) in [6.07, 6.45) is 4.60. The van der Waals surface area contributed by atoms with Crippen LogP contribution < -0.4 is 5.32 Å². The predicted molar refractivity (Wildman–Crippen MR) is 47.1 cm³/mol. The minimum atomic E-state index is 0.244. The van der Waals surface area contributed by atoms with E-state index in [4.69, 9.17) is 0 Å². The summed E-state index contributed by atoms with van der Waals surface area (Å²) >= 11 is 0. The van der Waals surface area contributed by atoms with Crippen molar-refractivity contribution in [3.63, 3.8) is 0 Å². The minimum Gasteiger partial charge on any atom is -0.317 e. The third-order valence-electron chi connectivity index (χ3n) is 3.04. The molecule has 2 fully saturated rings. The van der Waals surface area contributed by atoms with E-state index in [0.29, 0.717) is 6.04 Å². The highest BCUT2D eigenvalue weighted by molar-refractivity contribution is 5.59. The number of carbonyl (C=O) groups excluding carboxylic acids is 1. The second kappa shape index (κ2) is 3.54. The molecule has 2 aliphatic heterocycles. The van der Waals surface area contributed by atoms with Gasteiger partial charge in [0.1, 0.15) is 6.29 Å². The smallest absolute Gasteiger partial charge is 0.137 e. The summed E-state index contributed by atoms with van der Waals surface area (Å²) in [5.41, 5.74) is 0. The zero-order valence-corrected chi connectivity index (χ0v) is 7.33. The quantitative estimate of drug-likeness (QED) is 0.590. The Kier molecular flexibility index (Phi) is 2.42. The fourth-order valence-electron chi connectivity index (χ4n) is 2.17. The molecule has 2 saturated heterocycles. The molecule has 0 aromatic heterocycles. The predicted octanol–water partition coefficient (Wildman–Crippen LogP) is 0.0116. The molecule has 2 rings (SSSR count). The Hall–Kier alpha value is -0.410. The Bertz CT molecular complexity index is 166. The maximum atomic E-state index is 10.6. The van der Waals surface area contributed by atoms with Gasteiger partial charge >= 0.3 is 0 Å². The highest BCUT2D eigenvalue weighted by atomic mass is 16.1. The number of piperidine rings is 1. The molecular formula is C9H16N2O. The van der Waals surface area contributed by atoms with E-state index in [1.165, 1.54) is 12.8 Å². The zero-order valence-electron chi connectivity index (χ0n) is 7.33. The number of rotatable bonds is 2. The second-order valence-corrected chi connectivity index (χ2v) is 3.71. The van der Waals surface area contributed by atoms with Gasteiger partial charge in [-0.05, 0) is 32.4 Å². The summed E-state index contributed by atoms with van der Waals surface area (Å²) < 4.78 is 0. The Labute approximate surface area is 73.1 Å². The van der Waals surface area contributed by atoms with Gasteiger partial charge in [-0.2, -0.15) is 0 Å². The summed E-state index contributed by atoms with van der Waals surface area (Å²) in [5, 5.41) is 3.34. The molecule has 0 amide bonds. The van der Waals surface area contributed by atoms with Crippen LogP contribution in [0.1, 0.15) is 19.3 Å². The number of nitrogens with one attached hydrogen (secondary N) is 1. The van der Waals surface area contributed by atoms with E-state index >= 15 is 0 Å². The molecule has 68 valence electrons. The lowest BCUT2D eigenvalue weighted by atomic mass is 9.95. The lowest BCUT2D eigenvalue weighted by molar-refractivity contribution is -0.118. The van der Waals surface area contributed by atoms with Gasteiger partial charge in [0.15, 0.2) is 0 Å². The molecule has 3 heteroatoms. The number of aldehydes is 1. The van der Waals surface area contributed by atoms with Gasteiger partial charge in [0, 0.05) is 12.6 Å². The summed E-state index contributed by atoms with van der Waals surface area (Å²) in [5.74, 6) is 0. The van der Waals surface area contributed by atoms with Crippen LogP contribution in [0.25, 0.3) is 0 Å². The molecule has 1 atom stereocenters. The lowest BCUT2D eigenvalue weighted by Crippen LogP contribution is -2.56. The Morgan fingerprint density at radius 1 is 1.25 bits per heavy atom. The van der Waals surface area contributed by atoms with Gasteiger partial charge in [-0.25, -0.2) is 0 Å². The molecule has 0 spiro atoms. The third-order valence-corrected chi connectivity index (χ3v) is 3.04. The number of likely N-dealkylation sites (tertiary alicyclic amines) is 1. The molecule has 2 aliphatic rings. The average molecular weight is 168 g/mol. The molecule has 2 heterocycles. The average Bonchev–Trinajstić information content (AvgIpc) is 2.05. The van der Waals surface area contributed by atoms with Crippen LogP contribution in [0.2, 0.25) is 0 Å². The molecule has 1 unspecified atom stereocenters. The molecule has 0 saturated carbocycles. The highest BCUT2D eigenvalue weighted by Crippen LogP contribution is 2.23. The van der Waals surface area contributed by atoms with Crippen LogP contribution >= 0.6 is 0 Å². The van der Waals surface area contributed by atoms with E-state index in [0.717, 1.165) is 32.3 Å². The van der Waals surface area contributed by atoms with E-state index in [2.05, 4.69) is 10.2 Å². The van der Waals surface area contributed by atoms with Gasteiger partial charge in [0.2, 0.25) is 0 Å². The normalized spacial score (nSPS) is 32.8. The maximum Gasteiger partial charge on any atom is 0.137 e. The van der Waals surface area contributed by atoms with Crippen LogP contribution in [-0.4, -0.2) is 42.9 Å². The molecule has 0 aliphatic carbocycles. The first-order chi connectivity index (χ1) is 5.92. The molecule has 1 N–H and O–H groups in total. The van der Waals surface area contributed by atoms with Crippen molar-refractivity contribution in [3.8, 4) is 0 Å². The van der Waals surface area contributed by atoms with E-state index < -0.39 is 0 Å². The standard InChI is InChI=1S/C9H16N2O/c12-7-9-3-6-11(9)8-1-4-10-5-2-8/h7-10H,1-6H2. The van der Waals surface area contributed by atoms with Crippen molar-refractivity contribution in [2.75, 3.05) is 19.6 Å². The van der Waals surface area contributed by atoms with E-state index in [-0.39, 0.29) is 6.04 Å². The summed E-state index contributed by atoms with van der Waals surface area (Å²) in [7, 11) is 0. The van der Waals surface area contributed by atoms with Crippen LogP contribution in [0.15, 0.2) is 0 Å². The van der Waals surface area contributed by atoms with Crippen molar-refractivity contribution >= 4 is 6.29 Å². The summed E-state index contributed by atoms with van der Waals surface area (Å²) in [4.78, 5) is 12.9. The molecule has 12 heavy (non-hydrogen) atoms. The molecule has 0 aromatic carbocycles.